The molecule has 0 saturated heterocycles. The minimum absolute atomic E-state index is 0.975. The summed E-state index contributed by atoms with van der Waals surface area (Å²) in [7, 11) is -1.75. The molecule has 27 heavy (non-hydrogen) atoms. The van der Waals surface area contributed by atoms with Crippen molar-refractivity contribution in [2.45, 2.75) is 13.5 Å². The molecule has 1 nitrogen and oxygen atoms in total. The SMILES string of the molecule is CCn1cccc1-c1ccccc1[P+](C)(c1ccccc1)c1ccccc1. The van der Waals surface area contributed by atoms with Crippen molar-refractivity contribution in [3.63, 3.8) is 0 Å². The number of nitrogens with zero attached hydrogens (tertiary/aromatic N) is 1. The van der Waals surface area contributed by atoms with E-state index in [2.05, 4.69) is 121 Å². The molecule has 1 heterocycles. The monoisotopic (exact) mass is 370 g/mol. The molecule has 0 fully saturated rings. The van der Waals surface area contributed by atoms with E-state index in [0.717, 1.165) is 6.54 Å². The van der Waals surface area contributed by atoms with Crippen LogP contribution in [0.5, 0.6) is 0 Å². The summed E-state index contributed by atoms with van der Waals surface area (Å²) in [5.74, 6) is 0. The molecule has 0 unspecified atom stereocenters. The van der Waals surface area contributed by atoms with Gasteiger partial charge in [-0.1, -0.05) is 48.5 Å². The van der Waals surface area contributed by atoms with Gasteiger partial charge in [0.05, 0.1) is 12.4 Å². The number of hydrogen-bond donors (Lipinski definition) is 0. The molecular formula is C25H25NP+. The van der Waals surface area contributed by atoms with Crippen LogP contribution in [0.25, 0.3) is 11.3 Å². The fraction of sp³-hybridized carbons (Fsp3) is 0.120. The Morgan fingerprint density at radius 3 is 1.81 bits per heavy atom. The molecule has 1 aromatic heterocycles. The van der Waals surface area contributed by atoms with E-state index < -0.39 is 7.26 Å². The molecule has 4 aromatic rings. The number of aryl methyl sites for hydroxylation is 1. The van der Waals surface area contributed by atoms with E-state index in [1.54, 1.807) is 0 Å². The van der Waals surface area contributed by atoms with Gasteiger partial charge in [-0.2, -0.15) is 0 Å². The zero-order chi connectivity index (χ0) is 18.7. The maximum absolute atomic E-state index is 2.45. The molecule has 0 aliphatic rings. The van der Waals surface area contributed by atoms with Crippen molar-refractivity contribution >= 4 is 23.2 Å². The summed E-state index contributed by atoms with van der Waals surface area (Å²) in [6.07, 6.45) is 2.17. The summed E-state index contributed by atoms with van der Waals surface area (Å²) in [6, 6.07) is 35.3. The zero-order valence-electron chi connectivity index (χ0n) is 15.9. The van der Waals surface area contributed by atoms with Crippen molar-refractivity contribution < 1.29 is 0 Å². The summed E-state index contributed by atoms with van der Waals surface area (Å²) in [6.45, 7) is 5.63. The van der Waals surface area contributed by atoms with E-state index in [-0.39, 0.29) is 0 Å². The van der Waals surface area contributed by atoms with Gasteiger partial charge in [-0.25, -0.2) is 0 Å². The molecule has 0 aliphatic carbocycles. The van der Waals surface area contributed by atoms with Gasteiger partial charge < -0.3 is 4.57 Å². The molecular weight excluding hydrogens is 345 g/mol. The highest BCUT2D eigenvalue weighted by Crippen LogP contribution is 2.53. The topological polar surface area (TPSA) is 4.93 Å². The molecule has 0 saturated carbocycles. The Kier molecular flexibility index (Phi) is 4.97. The third kappa shape index (κ3) is 3.13. The van der Waals surface area contributed by atoms with Gasteiger partial charge in [0.25, 0.3) is 0 Å². The largest absolute Gasteiger partial charge is 0.348 e. The van der Waals surface area contributed by atoms with Crippen molar-refractivity contribution in [2.75, 3.05) is 6.66 Å². The normalized spacial score (nSPS) is 11.5. The van der Waals surface area contributed by atoms with Crippen molar-refractivity contribution in [1.82, 2.24) is 4.57 Å². The Hall–Kier alpha value is -2.63. The zero-order valence-corrected chi connectivity index (χ0v) is 16.8. The molecule has 0 N–H and O–H groups in total. The van der Waals surface area contributed by atoms with Crippen LogP contribution in [0.1, 0.15) is 6.92 Å². The highest BCUT2D eigenvalue weighted by Gasteiger charge is 2.42. The standard InChI is InChI=1S/C25H25NP/c1-3-26-20-12-18-24(26)23-17-10-11-19-25(23)27(2,21-13-6-4-7-14-21)22-15-8-5-9-16-22/h4-20H,3H2,1-2H3/q+1. The Bertz CT molecular complexity index is 979. The van der Waals surface area contributed by atoms with Gasteiger partial charge >= 0.3 is 0 Å². The van der Waals surface area contributed by atoms with Crippen LogP contribution in [0.15, 0.2) is 103 Å². The first-order chi connectivity index (χ1) is 13.2. The maximum Gasteiger partial charge on any atom is 0.113 e. The molecule has 0 bridgehead atoms. The van der Waals surface area contributed by atoms with Gasteiger partial charge in [-0.3, -0.25) is 0 Å². The number of hydrogen-bond acceptors (Lipinski definition) is 0. The first kappa shape index (κ1) is 17.8. The van der Waals surface area contributed by atoms with Crippen molar-refractivity contribution in [3.8, 4) is 11.3 Å². The van der Waals surface area contributed by atoms with Gasteiger partial charge in [0.1, 0.15) is 23.2 Å². The third-order valence-electron chi connectivity index (χ3n) is 5.38. The second-order valence-corrected chi connectivity index (χ2v) is 10.4. The van der Waals surface area contributed by atoms with Gasteiger partial charge in [0, 0.05) is 18.3 Å². The Labute approximate surface area is 162 Å². The summed E-state index contributed by atoms with van der Waals surface area (Å²) < 4.78 is 2.33. The van der Waals surface area contributed by atoms with Gasteiger partial charge in [0.15, 0.2) is 0 Å². The van der Waals surface area contributed by atoms with E-state index in [9.17, 15) is 0 Å². The Morgan fingerprint density at radius 1 is 0.667 bits per heavy atom. The second kappa shape index (κ2) is 7.55. The highest BCUT2D eigenvalue weighted by atomic mass is 31.2. The minimum atomic E-state index is -1.75. The predicted octanol–water partition coefficient (Wildman–Crippen LogP) is 5.10. The number of aromatic nitrogens is 1. The lowest BCUT2D eigenvalue weighted by atomic mass is 10.1. The lowest BCUT2D eigenvalue weighted by Crippen LogP contribution is -2.31. The van der Waals surface area contributed by atoms with Crippen LogP contribution in [0, 0.1) is 0 Å². The average molecular weight is 370 g/mol. The van der Waals surface area contributed by atoms with Crippen LogP contribution in [-0.4, -0.2) is 11.2 Å². The van der Waals surface area contributed by atoms with Crippen LogP contribution in [0.2, 0.25) is 0 Å². The third-order valence-corrected chi connectivity index (χ3v) is 9.39. The number of rotatable bonds is 5. The summed E-state index contributed by atoms with van der Waals surface area (Å²) in [5.41, 5.74) is 2.64. The van der Waals surface area contributed by atoms with E-state index in [1.807, 2.05) is 0 Å². The smallest absolute Gasteiger partial charge is 0.113 e. The number of benzene rings is 3. The minimum Gasteiger partial charge on any atom is -0.348 e. The fourth-order valence-corrected chi connectivity index (χ4v) is 7.34. The second-order valence-electron chi connectivity index (χ2n) is 6.87. The lowest BCUT2D eigenvalue weighted by Gasteiger charge is -2.25. The molecule has 3 aromatic carbocycles. The van der Waals surface area contributed by atoms with E-state index >= 15 is 0 Å². The fourth-order valence-electron chi connectivity index (χ4n) is 3.89. The molecule has 0 atom stereocenters. The van der Waals surface area contributed by atoms with Gasteiger partial charge in [-0.15, -0.1) is 0 Å². The summed E-state index contributed by atoms with van der Waals surface area (Å²) in [4.78, 5) is 0. The van der Waals surface area contributed by atoms with Gasteiger partial charge in [-0.05, 0) is 55.5 Å². The molecule has 0 spiro atoms. The van der Waals surface area contributed by atoms with E-state index in [0.29, 0.717) is 0 Å². The van der Waals surface area contributed by atoms with Crippen molar-refractivity contribution in [2.24, 2.45) is 0 Å². The lowest BCUT2D eigenvalue weighted by molar-refractivity contribution is 0.777. The first-order valence-corrected chi connectivity index (χ1v) is 11.7. The highest BCUT2D eigenvalue weighted by molar-refractivity contribution is 7.95. The summed E-state index contributed by atoms with van der Waals surface area (Å²) in [5, 5.41) is 4.27. The maximum atomic E-state index is 2.45. The summed E-state index contributed by atoms with van der Waals surface area (Å²) >= 11 is 0. The molecule has 0 amide bonds. The molecule has 2 heteroatoms. The van der Waals surface area contributed by atoms with E-state index in [1.165, 1.54) is 27.2 Å². The van der Waals surface area contributed by atoms with Crippen LogP contribution < -0.4 is 15.9 Å². The Morgan fingerprint density at radius 2 is 1.22 bits per heavy atom. The molecule has 0 radical (unpaired) electrons. The quantitative estimate of drug-likeness (QED) is 0.431. The molecule has 0 aliphatic heterocycles. The average Bonchev–Trinajstić information content (AvgIpc) is 3.23. The van der Waals surface area contributed by atoms with E-state index in [4.69, 9.17) is 0 Å². The van der Waals surface area contributed by atoms with Gasteiger partial charge in [0.2, 0.25) is 0 Å². The van der Waals surface area contributed by atoms with Crippen LogP contribution in [0.3, 0.4) is 0 Å². The van der Waals surface area contributed by atoms with Crippen molar-refractivity contribution in [1.29, 1.82) is 0 Å². The van der Waals surface area contributed by atoms with Crippen molar-refractivity contribution in [3.05, 3.63) is 103 Å². The van der Waals surface area contributed by atoms with Crippen LogP contribution in [-0.2, 0) is 6.54 Å². The molecule has 4 rings (SSSR count). The first-order valence-electron chi connectivity index (χ1n) is 9.48. The van der Waals surface area contributed by atoms with Crippen LogP contribution in [0.4, 0.5) is 0 Å². The predicted molar refractivity (Wildman–Crippen MR) is 120 cm³/mol. The molecule has 134 valence electrons. The van der Waals surface area contributed by atoms with Crippen LogP contribution >= 0.6 is 7.26 Å². The Balaban J connectivity index is 2.01.